The number of hydrogen-bond acceptors (Lipinski definition) is 3. The minimum absolute atomic E-state index is 0.0264. The SMILES string of the molecule is CCOC(=O)CN(CC(F)(F)F)C(=O)c1ccc(-c2ccccc2)cc1. The first-order chi connectivity index (χ1) is 12.3. The topological polar surface area (TPSA) is 46.6 Å². The maximum atomic E-state index is 12.8. The number of esters is 1. The maximum absolute atomic E-state index is 12.8. The largest absolute Gasteiger partial charge is 0.465 e. The van der Waals surface area contributed by atoms with Crippen LogP contribution in [-0.4, -0.2) is 42.6 Å². The molecule has 0 spiro atoms. The van der Waals surface area contributed by atoms with Crippen LogP contribution >= 0.6 is 0 Å². The van der Waals surface area contributed by atoms with Gasteiger partial charge < -0.3 is 9.64 Å². The van der Waals surface area contributed by atoms with E-state index in [2.05, 4.69) is 4.74 Å². The van der Waals surface area contributed by atoms with E-state index in [1.54, 1.807) is 12.1 Å². The predicted molar refractivity (Wildman–Crippen MR) is 90.5 cm³/mol. The molecule has 0 saturated carbocycles. The van der Waals surface area contributed by atoms with E-state index in [9.17, 15) is 22.8 Å². The molecule has 0 aliphatic carbocycles. The van der Waals surface area contributed by atoms with Crippen molar-refractivity contribution in [2.75, 3.05) is 19.7 Å². The monoisotopic (exact) mass is 365 g/mol. The van der Waals surface area contributed by atoms with Gasteiger partial charge in [0.2, 0.25) is 0 Å². The van der Waals surface area contributed by atoms with Gasteiger partial charge in [-0.15, -0.1) is 0 Å². The number of halogens is 3. The summed E-state index contributed by atoms with van der Waals surface area (Å²) in [6.07, 6.45) is -4.62. The zero-order valence-electron chi connectivity index (χ0n) is 14.1. The van der Waals surface area contributed by atoms with Gasteiger partial charge in [0.1, 0.15) is 13.1 Å². The second-order valence-electron chi connectivity index (χ2n) is 5.52. The smallest absolute Gasteiger partial charge is 0.406 e. The van der Waals surface area contributed by atoms with Crippen LogP contribution in [0.1, 0.15) is 17.3 Å². The van der Waals surface area contributed by atoms with Gasteiger partial charge in [0.15, 0.2) is 0 Å². The minimum Gasteiger partial charge on any atom is -0.465 e. The predicted octanol–water partition coefficient (Wildman–Crippen LogP) is 3.92. The van der Waals surface area contributed by atoms with Crippen LogP contribution in [0.2, 0.25) is 0 Å². The third-order valence-electron chi connectivity index (χ3n) is 3.52. The average molecular weight is 365 g/mol. The molecule has 0 fully saturated rings. The van der Waals surface area contributed by atoms with Gasteiger partial charge in [-0.25, -0.2) is 0 Å². The van der Waals surface area contributed by atoms with E-state index in [1.807, 2.05) is 30.3 Å². The normalized spacial score (nSPS) is 11.1. The zero-order valence-corrected chi connectivity index (χ0v) is 14.1. The third-order valence-corrected chi connectivity index (χ3v) is 3.52. The number of carbonyl (C=O) groups excluding carboxylic acids is 2. The van der Waals surface area contributed by atoms with Crippen LogP contribution in [0.15, 0.2) is 54.6 Å². The molecule has 138 valence electrons. The molecule has 2 aromatic rings. The number of rotatable bonds is 6. The van der Waals surface area contributed by atoms with E-state index in [0.29, 0.717) is 4.90 Å². The quantitative estimate of drug-likeness (QED) is 0.729. The first kappa shape index (κ1) is 19.5. The van der Waals surface area contributed by atoms with Gasteiger partial charge in [0.05, 0.1) is 6.61 Å². The summed E-state index contributed by atoms with van der Waals surface area (Å²) in [6.45, 7) is -0.716. The fraction of sp³-hybridized carbons (Fsp3) is 0.263. The van der Waals surface area contributed by atoms with E-state index in [4.69, 9.17) is 0 Å². The van der Waals surface area contributed by atoms with E-state index >= 15 is 0 Å². The molecular weight excluding hydrogens is 347 g/mol. The highest BCUT2D eigenvalue weighted by Gasteiger charge is 2.34. The highest BCUT2D eigenvalue weighted by atomic mass is 19.4. The van der Waals surface area contributed by atoms with Crippen molar-refractivity contribution in [1.29, 1.82) is 0 Å². The van der Waals surface area contributed by atoms with Gasteiger partial charge in [0.25, 0.3) is 5.91 Å². The summed E-state index contributed by atoms with van der Waals surface area (Å²) in [5, 5.41) is 0. The molecule has 2 aromatic carbocycles. The molecule has 2 rings (SSSR count). The molecule has 1 amide bonds. The van der Waals surface area contributed by atoms with Gasteiger partial charge in [-0.2, -0.15) is 13.2 Å². The Kier molecular flexibility index (Phi) is 6.38. The van der Waals surface area contributed by atoms with E-state index in [1.165, 1.54) is 19.1 Å². The Balaban J connectivity index is 2.19. The Bertz CT molecular complexity index is 743. The Morgan fingerprint density at radius 2 is 1.54 bits per heavy atom. The molecule has 0 aliphatic heterocycles. The summed E-state index contributed by atoms with van der Waals surface area (Å²) in [5.74, 6) is -1.76. The summed E-state index contributed by atoms with van der Waals surface area (Å²) in [6, 6.07) is 15.5. The van der Waals surface area contributed by atoms with E-state index < -0.39 is 31.1 Å². The zero-order chi connectivity index (χ0) is 19.2. The van der Waals surface area contributed by atoms with Crippen LogP contribution < -0.4 is 0 Å². The molecule has 0 saturated heterocycles. The molecule has 0 unspecified atom stereocenters. The molecule has 0 radical (unpaired) electrons. The first-order valence-corrected chi connectivity index (χ1v) is 7.97. The summed E-state index contributed by atoms with van der Waals surface area (Å²) in [5.41, 5.74) is 1.82. The van der Waals surface area contributed by atoms with Crippen molar-refractivity contribution in [3.8, 4) is 11.1 Å². The van der Waals surface area contributed by atoms with Crippen LogP contribution in [0, 0.1) is 0 Å². The molecule has 7 heteroatoms. The standard InChI is InChI=1S/C19H18F3NO3/c1-2-26-17(24)12-23(13-19(20,21)22)18(25)16-10-8-15(9-11-16)14-6-4-3-5-7-14/h3-11H,2,12-13H2,1H3. The lowest BCUT2D eigenvalue weighted by molar-refractivity contribution is -0.153. The van der Waals surface area contributed by atoms with Crippen molar-refractivity contribution in [3.63, 3.8) is 0 Å². The molecule has 0 aromatic heterocycles. The summed E-state index contributed by atoms with van der Waals surface area (Å²) in [7, 11) is 0. The van der Waals surface area contributed by atoms with Gasteiger partial charge >= 0.3 is 12.1 Å². The van der Waals surface area contributed by atoms with Crippen LogP contribution in [-0.2, 0) is 9.53 Å². The number of carbonyl (C=O) groups is 2. The lowest BCUT2D eigenvalue weighted by Crippen LogP contribution is -2.42. The molecule has 4 nitrogen and oxygen atoms in total. The van der Waals surface area contributed by atoms with E-state index in [0.717, 1.165) is 11.1 Å². The lowest BCUT2D eigenvalue weighted by atomic mass is 10.0. The van der Waals surface area contributed by atoms with Crippen LogP contribution in [0.4, 0.5) is 13.2 Å². The number of alkyl halides is 3. The first-order valence-electron chi connectivity index (χ1n) is 7.97. The van der Waals surface area contributed by atoms with E-state index in [-0.39, 0.29) is 12.2 Å². The molecule has 26 heavy (non-hydrogen) atoms. The van der Waals surface area contributed by atoms with Crippen molar-refractivity contribution in [2.45, 2.75) is 13.1 Å². The molecule has 0 atom stereocenters. The number of benzene rings is 2. The Morgan fingerprint density at radius 3 is 2.08 bits per heavy atom. The highest BCUT2D eigenvalue weighted by Crippen LogP contribution is 2.21. The number of ether oxygens (including phenoxy) is 1. The summed E-state index contributed by atoms with van der Waals surface area (Å²) in [4.78, 5) is 24.4. The average Bonchev–Trinajstić information content (AvgIpc) is 2.60. The lowest BCUT2D eigenvalue weighted by Gasteiger charge is -2.23. The van der Waals surface area contributed by atoms with Crippen molar-refractivity contribution in [3.05, 3.63) is 60.2 Å². The fourth-order valence-electron chi connectivity index (χ4n) is 2.40. The van der Waals surface area contributed by atoms with Crippen molar-refractivity contribution < 1.29 is 27.5 Å². The molecule has 0 heterocycles. The van der Waals surface area contributed by atoms with Crippen molar-refractivity contribution in [2.24, 2.45) is 0 Å². The minimum atomic E-state index is -4.62. The molecular formula is C19H18F3NO3. The molecule has 0 N–H and O–H groups in total. The third kappa shape index (κ3) is 5.61. The van der Waals surface area contributed by atoms with Crippen molar-refractivity contribution in [1.82, 2.24) is 4.90 Å². The Hall–Kier alpha value is -2.83. The van der Waals surface area contributed by atoms with Gasteiger partial charge in [-0.3, -0.25) is 9.59 Å². The van der Waals surface area contributed by atoms with Crippen molar-refractivity contribution >= 4 is 11.9 Å². The summed E-state index contributed by atoms with van der Waals surface area (Å²) < 4.78 is 42.9. The molecule has 0 bridgehead atoms. The Morgan fingerprint density at radius 1 is 0.962 bits per heavy atom. The highest BCUT2D eigenvalue weighted by molar-refractivity contribution is 5.96. The maximum Gasteiger partial charge on any atom is 0.406 e. The number of nitrogens with zero attached hydrogens (tertiary/aromatic N) is 1. The van der Waals surface area contributed by atoms with Crippen LogP contribution in [0.3, 0.4) is 0 Å². The number of amides is 1. The number of hydrogen-bond donors (Lipinski definition) is 0. The van der Waals surface area contributed by atoms with Gasteiger partial charge in [-0.1, -0.05) is 42.5 Å². The van der Waals surface area contributed by atoms with Crippen LogP contribution in [0.5, 0.6) is 0 Å². The molecule has 0 aliphatic rings. The van der Waals surface area contributed by atoms with Gasteiger partial charge in [0, 0.05) is 5.56 Å². The second kappa shape index (κ2) is 8.51. The van der Waals surface area contributed by atoms with Gasteiger partial charge in [-0.05, 0) is 30.2 Å². The summed E-state index contributed by atoms with van der Waals surface area (Å²) >= 11 is 0. The second-order valence-corrected chi connectivity index (χ2v) is 5.52. The van der Waals surface area contributed by atoms with Crippen LogP contribution in [0.25, 0.3) is 11.1 Å². The fourth-order valence-corrected chi connectivity index (χ4v) is 2.40. The Labute approximate surface area is 149 Å².